The number of anilines is 1. The number of benzene rings is 2. The molecule has 0 saturated carbocycles. The maximum absolute atomic E-state index is 12.0. The zero-order valence-corrected chi connectivity index (χ0v) is 20.7. The first-order valence-electron chi connectivity index (χ1n) is 11.9. The van der Waals surface area contributed by atoms with Crippen molar-refractivity contribution in [2.75, 3.05) is 12.4 Å². The molecule has 4 N–H and O–H groups in total. The first kappa shape index (κ1) is 28.8. The Bertz CT molecular complexity index is 905. The smallest absolute Gasteiger partial charge is 0.244 e. The lowest BCUT2D eigenvalue weighted by Crippen LogP contribution is -2.38. The molecule has 2 aromatic rings. The van der Waals surface area contributed by atoms with E-state index in [1.165, 1.54) is 13.0 Å². The summed E-state index contributed by atoms with van der Waals surface area (Å²) in [5.74, 6) is -0.280. The summed E-state index contributed by atoms with van der Waals surface area (Å²) in [7, 11) is 1.90. The molecule has 0 radical (unpaired) electrons. The average Bonchev–Trinajstić information content (AvgIpc) is 2.84. The second-order valence-electron chi connectivity index (χ2n) is 8.23. The van der Waals surface area contributed by atoms with Crippen LogP contribution in [0.15, 0.2) is 54.6 Å². The van der Waals surface area contributed by atoms with E-state index in [0.29, 0.717) is 19.4 Å². The standard InChI is InChI=1S/C20H27NO3.C8H12N2/c1-16-9-8-10-18(15-16)12-13-20(24)21-19(17(2)23)11-6-4-3-5-7-14-22;1-10-8-4-2-3-7(5-8)6-9/h8-10,12-15,19H,3-7,11H2,1-2H3,(H,21,24);2-5,10H,6,9H2,1H3/b13-12+;. The lowest BCUT2D eigenvalue weighted by Gasteiger charge is -2.14. The van der Waals surface area contributed by atoms with Crippen molar-refractivity contribution in [2.24, 2.45) is 5.73 Å². The molecular formula is C28H39N3O3. The number of carbonyl (C=O) groups excluding carboxylic acids is 3. The van der Waals surface area contributed by atoms with Crippen LogP contribution in [-0.2, 0) is 20.9 Å². The molecule has 2 rings (SSSR count). The average molecular weight is 466 g/mol. The number of unbranched alkanes of at least 4 members (excludes halogenated alkanes) is 4. The fourth-order valence-corrected chi connectivity index (χ4v) is 3.33. The number of carbonyl (C=O) groups is 3. The molecule has 34 heavy (non-hydrogen) atoms. The van der Waals surface area contributed by atoms with Gasteiger partial charge in [0.2, 0.25) is 5.91 Å². The third-order valence-corrected chi connectivity index (χ3v) is 5.29. The number of Topliss-reactive ketones (excluding diaryl/α,β-unsaturated/α-hetero) is 1. The Morgan fingerprint density at radius 3 is 2.41 bits per heavy atom. The van der Waals surface area contributed by atoms with Gasteiger partial charge in [0.25, 0.3) is 0 Å². The van der Waals surface area contributed by atoms with E-state index in [0.717, 1.165) is 54.3 Å². The molecule has 2 aromatic carbocycles. The van der Waals surface area contributed by atoms with Gasteiger partial charge in [0, 0.05) is 31.8 Å². The molecule has 6 heteroatoms. The number of aldehydes is 1. The number of nitrogens with one attached hydrogen (secondary N) is 2. The number of aryl methyl sites for hydroxylation is 1. The van der Waals surface area contributed by atoms with Crippen molar-refractivity contribution in [3.8, 4) is 0 Å². The van der Waals surface area contributed by atoms with Crippen LogP contribution in [0.25, 0.3) is 6.08 Å². The van der Waals surface area contributed by atoms with Crippen LogP contribution in [0.3, 0.4) is 0 Å². The molecule has 1 amide bonds. The molecule has 6 nitrogen and oxygen atoms in total. The van der Waals surface area contributed by atoms with Crippen LogP contribution in [0, 0.1) is 6.92 Å². The van der Waals surface area contributed by atoms with E-state index in [9.17, 15) is 14.4 Å². The van der Waals surface area contributed by atoms with E-state index >= 15 is 0 Å². The highest BCUT2D eigenvalue weighted by molar-refractivity contribution is 5.95. The van der Waals surface area contributed by atoms with Gasteiger partial charge >= 0.3 is 0 Å². The first-order valence-corrected chi connectivity index (χ1v) is 11.9. The largest absolute Gasteiger partial charge is 0.388 e. The highest BCUT2D eigenvalue weighted by Crippen LogP contribution is 2.09. The van der Waals surface area contributed by atoms with E-state index in [-0.39, 0.29) is 11.7 Å². The van der Waals surface area contributed by atoms with Gasteiger partial charge in [0.05, 0.1) is 6.04 Å². The summed E-state index contributed by atoms with van der Waals surface area (Å²) in [6.45, 7) is 4.11. The van der Waals surface area contributed by atoms with E-state index in [4.69, 9.17) is 5.73 Å². The summed E-state index contributed by atoms with van der Waals surface area (Å²) in [6.07, 6.45) is 9.08. The van der Waals surface area contributed by atoms with Gasteiger partial charge in [-0.15, -0.1) is 0 Å². The number of amides is 1. The van der Waals surface area contributed by atoms with Gasteiger partial charge in [0.1, 0.15) is 6.29 Å². The Balaban J connectivity index is 0.000000479. The zero-order chi connectivity index (χ0) is 25.2. The van der Waals surface area contributed by atoms with E-state index in [1.54, 1.807) is 6.08 Å². The molecule has 0 fully saturated rings. The highest BCUT2D eigenvalue weighted by atomic mass is 16.2. The van der Waals surface area contributed by atoms with Crippen LogP contribution in [0.2, 0.25) is 0 Å². The molecule has 0 spiro atoms. The zero-order valence-electron chi connectivity index (χ0n) is 20.7. The summed E-state index contributed by atoms with van der Waals surface area (Å²) in [5, 5.41) is 5.82. The van der Waals surface area contributed by atoms with E-state index in [1.807, 2.05) is 62.5 Å². The molecular weight excluding hydrogens is 426 g/mol. The topological polar surface area (TPSA) is 101 Å². The van der Waals surface area contributed by atoms with Crippen LogP contribution in [0.1, 0.15) is 62.1 Å². The van der Waals surface area contributed by atoms with Crippen LogP contribution in [-0.4, -0.2) is 31.1 Å². The molecule has 0 bridgehead atoms. The quantitative estimate of drug-likeness (QED) is 0.224. The lowest BCUT2D eigenvalue weighted by atomic mass is 10.0. The van der Waals surface area contributed by atoms with Crippen molar-refractivity contribution in [3.05, 3.63) is 71.3 Å². The third-order valence-electron chi connectivity index (χ3n) is 5.29. The second kappa shape index (κ2) is 17.3. The van der Waals surface area contributed by atoms with Crippen LogP contribution < -0.4 is 16.4 Å². The van der Waals surface area contributed by atoms with Crippen LogP contribution in [0.4, 0.5) is 5.69 Å². The van der Waals surface area contributed by atoms with Crippen molar-refractivity contribution in [2.45, 2.75) is 65.0 Å². The van der Waals surface area contributed by atoms with Gasteiger partial charge in [-0.1, -0.05) is 61.2 Å². The molecule has 1 atom stereocenters. The van der Waals surface area contributed by atoms with Crippen molar-refractivity contribution in [3.63, 3.8) is 0 Å². The van der Waals surface area contributed by atoms with Gasteiger partial charge in [-0.3, -0.25) is 9.59 Å². The number of nitrogens with two attached hydrogens (primary N) is 1. The molecule has 0 aliphatic carbocycles. The molecule has 184 valence electrons. The number of rotatable bonds is 13. The molecule has 1 unspecified atom stereocenters. The van der Waals surface area contributed by atoms with Crippen molar-refractivity contribution in [1.82, 2.24) is 5.32 Å². The van der Waals surface area contributed by atoms with Gasteiger partial charge in [-0.25, -0.2) is 0 Å². The summed E-state index contributed by atoms with van der Waals surface area (Å²) in [4.78, 5) is 33.9. The minimum Gasteiger partial charge on any atom is -0.388 e. The molecule has 0 heterocycles. The fourth-order valence-electron chi connectivity index (χ4n) is 3.33. The summed E-state index contributed by atoms with van der Waals surface area (Å²) in [6, 6.07) is 15.5. The Labute approximate surface area is 204 Å². The van der Waals surface area contributed by atoms with E-state index in [2.05, 4.69) is 10.6 Å². The number of hydrogen-bond acceptors (Lipinski definition) is 5. The number of hydrogen-bond donors (Lipinski definition) is 3. The maximum Gasteiger partial charge on any atom is 0.244 e. The Morgan fingerprint density at radius 1 is 1.03 bits per heavy atom. The normalized spacial score (nSPS) is 11.3. The third kappa shape index (κ3) is 12.7. The molecule has 0 aliphatic rings. The van der Waals surface area contributed by atoms with Crippen molar-refractivity contribution >= 4 is 29.7 Å². The van der Waals surface area contributed by atoms with Gasteiger partial charge in [-0.2, -0.15) is 0 Å². The second-order valence-corrected chi connectivity index (χ2v) is 8.23. The predicted molar refractivity (Wildman–Crippen MR) is 140 cm³/mol. The highest BCUT2D eigenvalue weighted by Gasteiger charge is 2.15. The molecule has 0 saturated heterocycles. The van der Waals surface area contributed by atoms with Gasteiger partial charge in [0.15, 0.2) is 5.78 Å². The van der Waals surface area contributed by atoms with Crippen LogP contribution in [0.5, 0.6) is 0 Å². The fraction of sp³-hybridized carbons (Fsp3) is 0.393. The lowest BCUT2D eigenvalue weighted by molar-refractivity contribution is -0.124. The Morgan fingerprint density at radius 2 is 1.76 bits per heavy atom. The van der Waals surface area contributed by atoms with Crippen LogP contribution >= 0.6 is 0 Å². The van der Waals surface area contributed by atoms with E-state index < -0.39 is 6.04 Å². The Hall–Kier alpha value is -3.25. The minimum atomic E-state index is -0.439. The minimum absolute atomic E-state index is 0.0276. The Kier molecular flexibility index (Phi) is 14.6. The van der Waals surface area contributed by atoms with Crippen molar-refractivity contribution < 1.29 is 14.4 Å². The number of ketones is 1. The summed E-state index contributed by atoms with van der Waals surface area (Å²) in [5.41, 5.74) is 9.81. The summed E-state index contributed by atoms with van der Waals surface area (Å²) < 4.78 is 0. The monoisotopic (exact) mass is 465 g/mol. The molecule has 0 aliphatic heterocycles. The SMILES string of the molecule is CC(=O)C(CCCCCCC=O)NC(=O)/C=C/c1cccc(C)c1.CNc1cccc(CN)c1. The molecule has 0 aromatic heterocycles. The summed E-state index contributed by atoms with van der Waals surface area (Å²) >= 11 is 0. The maximum atomic E-state index is 12.0. The first-order chi connectivity index (χ1) is 16.4. The van der Waals surface area contributed by atoms with Gasteiger partial charge in [-0.05, 0) is 56.0 Å². The van der Waals surface area contributed by atoms with Crippen molar-refractivity contribution in [1.29, 1.82) is 0 Å². The van der Waals surface area contributed by atoms with Gasteiger partial charge < -0.3 is 21.2 Å². The predicted octanol–water partition coefficient (Wildman–Crippen LogP) is 4.81.